The Hall–Kier alpha value is -4.83. The van der Waals surface area contributed by atoms with Crippen molar-refractivity contribution < 1.29 is 19.5 Å². The number of halogens is 1. The molecule has 0 saturated carbocycles. The van der Waals surface area contributed by atoms with Crippen LogP contribution in [0.1, 0.15) is 74.4 Å². The van der Waals surface area contributed by atoms with Gasteiger partial charge in [-0.1, -0.05) is 35.6 Å². The fourth-order valence-electron chi connectivity index (χ4n) is 5.34. The molecule has 4 aromatic rings. The third-order valence-corrected chi connectivity index (χ3v) is 9.35. The lowest BCUT2D eigenvalue weighted by Gasteiger charge is -2.20. The summed E-state index contributed by atoms with van der Waals surface area (Å²) in [7, 11) is 1.70. The summed E-state index contributed by atoms with van der Waals surface area (Å²) in [5.74, 6) is 5.14. The molecule has 47 heavy (non-hydrogen) atoms. The van der Waals surface area contributed by atoms with Gasteiger partial charge in [0.05, 0.1) is 24.2 Å². The van der Waals surface area contributed by atoms with E-state index in [0.29, 0.717) is 35.3 Å². The molecule has 13 heteroatoms. The van der Waals surface area contributed by atoms with E-state index in [0.717, 1.165) is 32.3 Å². The van der Waals surface area contributed by atoms with Crippen molar-refractivity contribution in [2.24, 2.45) is 10.7 Å². The maximum atomic E-state index is 13.6. The molecule has 0 radical (unpaired) electrons. The molecule has 0 bridgehead atoms. The highest BCUT2D eigenvalue weighted by Crippen LogP contribution is 2.39. The van der Waals surface area contributed by atoms with E-state index >= 15 is 0 Å². The normalized spacial score (nSPS) is 13.4. The first-order valence-corrected chi connectivity index (χ1v) is 16.1. The number of anilines is 1. The number of amides is 2. The third kappa shape index (κ3) is 7.28. The first kappa shape index (κ1) is 33.5. The van der Waals surface area contributed by atoms with Gasteiger partial charge in [-0.15, -0.1) is 21.5 Å². The number of nitrogens with zero attached hydrogens (tertiary/aromatic N) is 5. The molecule has 0 fully saturated rings. The topological polar surface area (TPSA) is 156 Å². The predicted octanol–water partition coefficient (Wildman–Crippen LogP) is 5.08. The first-order chi connectivity index (χ1) is 22.5. The molecule has 4 N–H and O–H groups in total. The quantitative estimate of drug-likeness (QED) is 0.210. The number of benzene rings is 2. The number of aryl methyl sites for hydroxylation is 2. The largest absolute Gasteiger partial charge is 0.478 e. The smallest absolute Gasteiger partial charge is 0.336 e. The minimum absolute atomic E-state index is 0.0247. The van der Waals surface area contributed by atoms with Gasteiger partial charge in [-0.05, 0) is 63.1 Å². The van der Waals surface area contributed by atoms with Crippen molar-refractivity contribution >= 4 is 52.1 Å². The molecule has 11 nitrogen and oxygen atoms in total. The number of carboxylic acids is 1. The summed E-state index contributed by atoms with van der Waals surface area (Å²) in [5.41, 5.74) is 9.90. The lowest BCUT2D eigenvalue weighted by Crippen LogP contribution is -2.30. The van der Waals surface area contributed by atoms with Crippen LogP contribution in [0.25, 0.3) is 5.00 Å². The van der Waals surface area contributed by atoms with E-state index in [1.165, 1.54) is 18.2 Å². The summed E-state index contributed by atoms with van der Waals surface area (Å²) in [6, 6.07) is 11.3. The van der Waals surface area contributed by atoms with Crippen LogP contribution in [0.4, 0.5) is 5.69 Å². The second kappa shape index (κ2) is 14.3. The number of nitrogens with two attached hydrogens (primary N) is 1. The third-order valence-electron chi connectivity index (χ3n) is 7.91. The lowest BCUT2D eigenvalue weighted by molar-refractivity contribution is -0.130. The molecule has 1 aliphatic heterocycles. The van der Waals surface area contributed by atoms with E-state index < -0.39 is 12.0 Å². The summed E-state index contributed by atoms with van der Waals surface area (Å²) in [5, 5.41) is 22.6. The Balaban J connectivity index is 1.29. The van der Waals surface area contributed by atoms with E-state index in [2.05, 4.69) is 41.2 Å². The molecule has 2 aromatic heterocycles. The first-order valence-electron chi connectivity index (χ1n) is 14.9. The average Bonchev–Trinajstić information content (AvgIpc) is 3.51. The van der Waals surface area contributed by atoms with Gasteiger partial charge >= 0.3 is 5.97 Å². The molecule has 242 valence electrons. The number of aromatic nitrogens is 3. The molecule has 0 unspecified atom stereocenters. The number of hydrogen-bond donors (Lipinski definition) is 3. The van der Waals surface area contributed by atoms with Gasteiger partial charge in [0.15, 0.2) is 5.82 Å². The van der Waals surface area contributed by atoms with Crippen molar-refractivity contribution in [3.05, 3.63) is 91.8 Å². The van der Waals surface area contributed by atoms with Crippen LogP contribution in [-0.4, -0.2) is 68.4 Å². The highest BCUT2D eigenvalue weighted by atomic mass is 35.5. The van der Waals surface area contributed by atoms with Crippen molar-refractivity contribution in [1.29, 1.82) is 0 Å². The molecule has 5 rings (SSSR count). The van der Waals surface area contributed by atoms with E-state index in [4.69, 9.17) is 22.3 Å². The van der Waals surface area contributed by atoms with Gasteiger partial charge in [0.1, 0.15) is 16.9 Å². The number of carbonyl (C=O) groups excluding carboxylic acids is 2. The van der Waals surface area contributed by atoms with Crippen molar-refractivity contribution in [3.8, 4) is 16.8 Å². The standard InChI is InChI=1S/C34H34ClN7O4S/c1-19-20(2)47-33-30(19)31(22-9-11-24(35)12-10-22)38-27(32-40-39-21(3)42(32)33)18-29(44)41(4)16-6-8-28(43)37-25-13-14-26(34(45)46)23(17-25)7-5-15-36/h9-14,17,27H,6,8,15-16,18,36H2,1-4H3,(H,37,43)(H,45,46)/t27-/m0/s1. The summed E-state index contributed by atoms with van der Waals surface area (Å²) < 4.78 is 2.00. The molecule has 0 spiro atoms. The monoisotopic (exact) mass is 671 g/mol. The summed E-state index contributed by atoms with van der Waals surface area (Å²) in [6.07, 6.45) is 0.625. The van der Waals surface area contributed by atoms with Crippen LogP contribution >= 0.6 is 22.9 Å². The summed E-state index contributed by atoms with van der Waals surface area (Å²) in [6.45, 7) is 6.46. The minimum Gasteiger partial charge on any atom is -0.478 e. The van der Waals surface area contributed by atoms with Gasteiger partial charge < -0.3 is 21.1 Å². The van der Waals surface area contributed by atoms with Crippen LogP contribution in [0.5, 0.6) is 0 Å². The Kier molecular flexibility index (Phi) is 10.2. The lowest BCUT2D eigenvalue weighted by atomic mass is 9.99. The van der Waals surface area contributed by atoms with Crippen molar-refractivity contribution in [3.63, 3.8) is 0 Å². The Morgan fingerprint density at radius 1 is 1.13 bits per heavy atom. The van der Waals surface area contributed by atoms with Gasteiger partial charge in [-0.3, -0.25) is 19.1 Å². The molecule has 3 heterocycles. The summed E-state index contributed by atoms with van der Waals surface area (Å²) >= 11 is 7.85. The molecule has 2 aromatic carbocycles. The van der Waals surface area contributed by atoms with E-state index in [1.54, 1.807) is 23.3 Å². The van der Waals surface area contributed by atoms with Crippen LogP contribution in [0, 0.1) is 32.6 Å². The van der Waals surface area contributed by atoms with Crippen LogP contribution in [-0.2, 0) is 9.59 Å². The Morgan fingerprint density at radius 2 is 1.87 bits per heavy atom. The number of carbonyl (C=O) groups is 3. The maximum absolute atomic E-state index is 13.6. The number of rotatable bonds is 9. The molecular formula is C34H34ClN7O4S. The van der Waals surface area contributed by atoms with Crippen LogP contribution in [0.3, 0.4) is 0 Å². The number of nitrogens with one attached hydrogen (secondary N) is 1. The minimum atomic E-state index is -1.12. The fraction of sp³-hybridized carbons (Fsp3) is 0.294. The van der Waals surface area contributed by atoms with Gasteiger partial charge in [-0.2, -0.15) is 0 Å². The van der Waals surface area contributed by atoms with E-state index in [-0.39, 0.29) is 42.3 Å². The van der Waals surface area contributed by atoms with Gasteiger partial charge in [0.2, 0.25) is 11.8 Å². The zero-order valence-corrected chi connectivity index (χ0v) is 28.0. The highest BCUT2D eigenvalue weighted by molar-refractivity contribution is 7.15. The zero-order chi connectivity index (χ0) is 33.8. The zero-order valence-electron chi connectivity index (χ0n) is 26.4. The van der Waals surface area contributed by atoms with Crippen LogP contribution in [0.2, 0.25) is 5.02 Å². The number of aromatic carboxylic acids is 1. The fourth-order valence-corrected chi connectivity index (χ4v) is 6.68. The number of fused-ring (bicyclic) bond motifs is 3. The second-order valence-corrected chi connectivity index (χ2v) is 12.8. The van der Waals surface area contributed by atoms with Gasteiger partial charge in [0.25, 0.3) is 0 Å². The van der Waals surface area contributed by atoms with Gasteiger partial charge in [0, 0.05) is 52.3 Å². The average molecular weight is 672 g/mol. The molecule has 2 amide bonds. The molecule has 0 aliphatic carbocycles. The van der Waals surface area contributed by atoms with Crippen molar-refractivity contribution in [1.82, 2.24) is 19.7 Å². The van der Waals surface area contributed by atoms with Crippen LogP contribution < -0.4 is 11.1 Å². The van der Waals surface area contributed by atoms with Gasteiger partial charge in [-0.25, -0.2) is 4.79 Å². The molecule has 1 atom stereocenters. The SMILES string of the molecule is Cc1sc2c(c1C)C(c1ccc(Cl)cc1)=N[C@@H](CC(=O)N(C)CCCC(=O)Nc1ccc(C(=O)O)c(C#CCN)c1)c1nnc(C)n1-2. The summed E-state index contributed by atoms with van der Waals surface area (Å²) in [4.78, 5) is 45.7. The van der Waals surface area contributed by atoms with Crippen LogP contribution in [0.15, 0.2) is 47.5 Å². The Bertz CT molecular complexity index is 1950. The predicted molar refractivity (Wildman–Crippen MR) is 183 cm³/mol. The molecular weight excluding hydrogens is 638 g/mol. The Labute approximate surface area is 281 Å². The molecule has 1 aliphatic rings. The molecule has 0 saturated heterocycles. The highest BCUT2D eigenvalue weighted by Gasteiger charge is 2.33. The number of carboxylic acid groups (broad SMARTS) is 1. The number of hydrogen-bond acceptors (Lipinski definition) is 8. The van der Waals surface area contributed by atoms with E-state index in [1.807, 2.05) is 35.8 Å². The van der Waals surface area contributed by atoms with E-state index in [9.17, 15) is 19.5 Å². The number of aliphatic imine (C=N–C) groups is 1. The Morgan fingerprint density at radius 3 is 2.57 bits per heavy atom. The van der Waals surface area contributed by atoms with Crippen molar-refractivity contribution in [2.75, 3.05) is 25.5 Å². The number of thiophene rings is 1. The maximum Gasteiger partial charge on any atom is 0.336 e. The second-order valence-electron chi connectivity index (χ2n) is 11.1. The van der Waals surface area contributed by atoms with Crippen molar-refractivity contribution in [2.45, 2.75) is 46.1 Å².